The van der Waals surface area contributed by atoms with Gasteiger partial charge in [-0.3, -0.25) is 0 Å². The first kappa shape index (κ1) is 20.1. The number of anilines is 1. The lowest BCUT2D eigenvalue weighted by atomic mass is 10.1. The van der Waals surface area contributed by atoms with Crippen LogP contribution in [0.25, 0.3) is 11.3 Å². The van der Waals surface area contributed by atoms with Crippen LogP contribution in [-0.2, 0) is 13.1 Å². The predicted octanol–water partition coefficient (Wildman–Crippen LogP) is 4.66. The van der Waals surface area contributed by atoms with E-state index >= 15 is 0 Å². The molecule has 1 aliphatic rings. The summed E-state index contributed by atoms with van der Waals surface area (Å²) in [6, 6.07) is 13.6. The number of hydrogen-bond acceptors (Lipinski definition) is 5. The zero-order chi connectivity index (χ0) is 20.9. The summed E-state index contributed by atoms with van der Waals surface area (Å²) in [7, 11) is 0. The molecule has 1 aromatic carbocycles. The van der Waals surface area contributed by atoms with Crippen LogP contribution in [0, 0.1) is 0 Å². The number of carbonyl (C=O) groups excluding carboxylic acids is 1. The molecule has 4 rings (SSSR count). The predicted molar refractivity (Wildman–Crippen MR) is 115 cm³/mol. The molecule has 7 nitrogen and oxygen atoms in total. The number of benzene rings is 1. The Labute approximate surface area is 176 Å². The summed E-state index contributed by atoms with van der Waals surface area (Å²) in [5.41, 5.74) is 2.68. The molecule has 0 unspecified atom stereocenters. The molecule has 0 aliphatic carbocycles. The van der Waals surface area contributed by atoms with Crippen molar-refractivity contribution in [1.29, 1.82) is 0 Å². The second-order valence-electron chi connectivity index (χ2n) is 7.91. The Morgan fingerprint density at radius 3 is 2.57 bits per heavy atom. The molecule has 30 heavy (non-hydrogen) atoms. The highest BCUT2D eigenvalue weighted by molar-refractivity contribution is 5.76. The molecule has 158 valence electrons. The van der Waals surface area contributed by atoms with E-state index in [1.165, 1.54) is 0 Å². The van der Waals surface area contributed by atoms with Crippen molar-refractivity contribution < 1.29 is 13.7 Å². The van der Waals surface area contributed by atoms with E-state index in [-0.39, 0.29) is 12.1 Å². The molecule has 1 aliphatic heterocycles. The molecule has 0 saturated carbocycles. The van der Waals surface area contributed by atoms with E-state index in [1.807, 2.05) is 56.3 Å². The van der Waals surface area contributed by atoms with Gasteiger partial charge in [0.2, 0.25) is 5.88 Å². The standard InChI is InChI=1S/C23H28N4O3/c1-17(2)24-23(28)27(15-19-11-8-14-29-19)16-20-21(18-9-4-3-5-10-18)25-30-22(20)26-12-6-7-13-26/h3-5,8-11,14,17H,6-7,12-13,15-16H2,1-2H3,(H,24,28). The maximum absolute atomic E-state index is 13.0. The van der Waals surface area contributed by atoms with E-state index in [2.05, 4.69) is 15.4 Å². The summed E-state index contributed by atoms with van der Waals surface area (Å²) in [6.45, 7) is 6.52. The van der Waals surface area contributed by atoms with E-state index in [0.717, 1.165) is 54.4 Å². The smallest absolute Gasteiger partial charge is 0.318 e. The maximum Gasteiger partial charge on any atom is 0.318 e. The summed E-state index contributed by atoms with van der Waals surface area (Å²) in [4.78, 5) is 17.0. The van der Waals surface area contributed by atoms with Crippen LogP contribution in [0.5, 0.6) is 0 Å². The van der Waals surface area contributed by atoms with Crippen LogP contribution in [-0.4, -0.2) is 35.2 Å². The third-order valence-corrected chi connectivity index (χ3v) is 5.18. The fourth-order valence-corrected chi connectivity index (χ4v) is 3.75. The number of nitrogens with one attached hydrogen (secondary N) is 1. The molecular formula is C23H28N4O3. The molecule has 7 heteroatoms. The molecule has 3 heterocycles. The van der Waals surface area contributed by atoms with Gasteiger partial charge < -0.3 is 24.1 Å². The van der Waals surface area contributed by atoms with E-state index in [1.54, 1.807) is 11.2 Å². The maximum atomic E-state index is 13.0. The molecular weight excluding hydrogens is 380 g/mol. The van der Waals surface area contributed by atoms with Gasteiger partial charge in [0.15, 0.2) is 0 Å². The van der Waals surface area contributed by atoms with Crippen LogP contribution in [0.15, 0.2) is 57.7 Å². The Hall–Kier alpha value is -3.22. The van der Waals surface area contributed by atoms with Gasteiger partial charge in [0.25, 0.3) is 0 Å². The van der Waals surface area contributed by atoms with Gasteiger partial charge in [0, 0.05) is 24.7 Å². The monoisotopic (exact) mass is 408 g/mol. The second-order valence-corrected chi connectivity index (χ2v) is 7.91. The SMILES string of the molecule is CC(C)NC(=O)N(Cc1ccco1)Cc1c(-c2ccccc2)noc1N1CCCC1. The quantitative estimate of drug-likeness (QED) is 0.616. The molecule has 2 amide bonds. The Bertz CT molecular complexity index is 944. The van der Waals surface area contributed by atoms with Crippen molar-refractivity contribution in [3.05, 3.63) is 60.1 Å². The van der Waals surface area contributed by atoms with Gasteiger partial charge in [0.05, 0.1) is 24.9 Å². The zero-order valence-corrected chi connectivity index (χ0v) is 17.5. The average molecular weight is 409 g/mol. The second kappa shape index (κ2) is 9.07. The van der Waals surface area contributed by atoms with Crippen molar-refractivity contribution in [3.8, 4) is 11.3 Å². The number of rotatable bonds is 7. The van der Waals surface area contributed by atoms with Crippen molar-refractivity contribution in [2.75, 3.05) is 18.0 Å². The molecule has 0 bridgehead atoms. The first-order chi connectivity index (χ1) is 14.6. The van der Waals surface area contributed by atoms with Crippen LogP contribution >= 0.6 is 0 Å². The van der Waals surface area contributed by atoms with Crippen LogP contribution in [0.3, 0.4) is 0 Å². The van der Waals surface area contributed by atoms with Crippen LogP contribution < -0.4 is 10.2 Å². The first-order valence-electron chi connectivity index (χ1n) is 10.5. The van der Waals surface area contributed by atoms with Gasteiger partial charge in [-0.1, -0.05) is 35.5 Å². The van der Waals surface area contributed by atoms with Crippen LogP contribution in [0.1, 0.15) is 38.0 Å². The number of aromatic nitrogens is 1. The van der Waals surface area contributed by atoms with Gasteiger partial charge in [-0.2, -0.15) is 0 Å². The number of amides is 2. The van der Waals surface area contributed by atoms with Crippen LogP contribution in [0.4, 0.5) is 10.7 Å². The molecule has 0 atom stereocenters. The number of furan rings is 1. The lowest BCUT2D eigenvalue weighted by Crippen LogP contribution is -2.42. The molecule has 1 saturated heterocycles. The highest BCUT2D eigenvalue weighted by atomic mass is 16.5. The summed E-state index contributed by atoms with van der Waals surface area (Å²) in [5, 5.41) is 7.40. The lowest BCUT2D eigenvalue weighted by molar-refractivity contribution is 0.185. The highest BCUT2D eigenvalue weighted by Gasteiger charge is 2.28. The molecule has 2 aromatic heterocycles. The Balaban J connectivity index is 1.69. The summed E-state index contributed by atoms with van der Waals surface area (Å²) in [5.74, 6) is 1.49. The Morgan fingerprint density at radius 1 is 1.13 bits per heavy atom. The first-order valence-corrected chi connectivity index (χ1v) is 10.5. The minimum atomic E-state index is -0.144. The van der Waals surface area contributed by atoms with Gasteiger partial charge in [0.1, 0.15) is 11.5 Å². The van der Waals surface area contributed by atoms with Crippen molar-refractivity contribution in [1.82, 2.24) is 15.4 Å². The number of carbonyl (C=O) groups is 1. The van der Waals surface area contributed by atoms with Gasteiger partial charge in [-0.25, -0.2) is 4.79 Å². The third kappa shape index (κ3) is 4.50. The lowest BCUT2D eigenvalue weighted by Gasteiger charge is -2.25. The normalized spacial score (nSPS) is 13.8. The average Bonchev–Trinajstić information content (AvgIpc) is 3.49. The number of hydrogen-bond donors (Lipinski definition) is 1. The van der Waals surface area contributed by atoms with E-state index in [4.69, 9.17) is 8.94 Å². The minimum absolute atomic E-state index is 0.0331. The summed E-state index contributed by atoms with van der Waals surface area (Å²) >= 11 is 0. The van der Waals surface area contributed by atoms with Gasteiger partial charge >= 0.3 is 6.03 Å². The van der Waals surface area contributed by atoms with Crippen molar-refractivity contribution >= 4 is 11.9 Å². The third-order valence-electron chi connectivity index (χ3n) is 5.18. The summed E-state index contributed by atoms with van der Waals surface area (Å²) < 4.78 is 11.3. The zero-order valence-electron chi connectivity index (χ0n) is 17.5. The molecule has 0 spiro atoms. The largest absolute Gasteiger partial charge is 0.467 e. The number of nitrogens with zero attached hydrogens (tertiary/aromatic N) is 3. The van der Waals surface area contributed by atoms with Crippen molar-refractivity contribution in [3.63, 3.8) is 0 Å². The van der Waals surface area contributed by atoms with E-state index in [9.17, 15) is 4.79 Å². The van der Waals surface area contributed by atoms with Gasteiger partial charge in [-0.15, -0.1) is 0 Å². The molecule has 1 fully saturated rings. The van der Waals surface area contributed by atoms with Gasteiger partial charge in [-0.05, 0) is 38.8 Å². The molecule has 3 aromatic rings. The fourth-order valence-electron chi connectivity index (χ4n) is 3.75. The highest BCUT2D eigenvalue weighted by Crippen LogP contribution is 2.34. The van der Waals surface area contributed by atoms with Crippen LogP contribution in [0.2, 0.25) is 0 Å². The van der Waals surface area contributed by atoms with E-state index < -0.39 is 0 Å². The minimum Gasteiger partial charge on any atom is -0.467 e. The molecule has 1 N–H and O–H groups in total. The Kier molecular flexibility index (Phi) is 6.07. The molecule has 0 radical (unpaired) electrons. The number of urea groups is 1. The summed E-state index contributed by atoms with van der Waals surface area (Å²) in [6.07, 6.45) is 3.88. The van der Waals surface area contributed by atoms with E-state index in [0.29, 0.717) is 13.1 Å². The van der Waals surface area contributed by atoms with Crippen molar-refractivity contribution in [2.45, 2.75) is 45.8 Å². The van der Waals surface area contributed by atoms with Crippen molar-refractivity contribution in [2.24, 2.45) is 0 Å². The Morgan fingerprint density at radius 2 is 1.90 bits per heavy atom. The fraction of sp³-hybridized carbons (Fsp3) is 0.391. The topological polar surface area (TPSA) is 74.8 Å².